The molecule has 0 bridgehead atoms. The molecule has 2 N–H and O–H groups in total. The van der Waals surface area contributed by atoms with E-state index in [2.05, 4.69) is 6.07 Å². The predicted molar refractivity (Wildman–Crippen MR) is 84.2 cm³/mol. The van der Waals surface area contributed by atoms with Crippen LogP contribution in [0.3, 0.4) is 0 Å². The van der Waals surface area contributed by atoms with E-state index in [9.17, 15) is 5.11 Å². The van der Waals surface area contributed by atoms with Gasteiger partial charge in [-0.15, -0.1) is 0 Å². The molecule has 0 heterocycles. The summed E-state index contributed by atoms with van der Waals surface area (Å²) in [4.78, 5) is 0. The van der Waals surface area contributed by atoms with E-state index in [1.807, 2.05) is 45.0 Å². The Balaban J connectivity index is 2.44. The second-order valence-electron chi connectivity index (χ2n) is 4.84. The first-order valence-corrected chi connectivity index (χ1v) is 7.19. The monoisotopic (exact) mass is 271 g/mol. The molecule has 3 heteroatoms. The lowest BCUT2D eigenvalue weighted by Gasteiger charge is -2.11. The molecule has 2 aromatic rings. The summed E-state index contributed by atoms with van der Waals surface area (Å²) in [5, 5.41) is 19.7. The van der Waals surface area contributed by atoms with Crippen molar-refractivity contribution in [2.45, 2.75) is 20.8 Å². The molecule has 19 heavy (non-hydrogen) atoms. The van der Waals surface area contributed by atoms with Crippen molar-refractivity contribution >= 4 is 25.4 Å². The summed E-state index contributed by atoms with van der Waals surface area (Å²) in [6.45, 7) is 5.98. The molecule has 0 radical (unpaired) electrons. The molecule has 0 amide bonds. The number of aromatic hydroxyl groups is 1. The standard InChI is InChI=1S/C16H18NOP/c1-10-4-5-14(13(7-10)9-17)19-15-8-11(2)6-12(3)16(15)18/h4-9,17-19H,1-3H3. The van der Waals surface area contributed by atoms with Gasteiger partial charge in [-0.3, -0.25) is 0 Å². The largest absolute Gasteiger partial charge is 0.507 e. The van der Waals surface area contributed by atoms with Crippen molar-refractivity contribution in [2.24, 2.45) is 0 Å². The van der Waals surface area contributed by atoms with Gasteiger partial charge >= 0.3 is 0 Å². The Morgan fingerprint density at radius 1 is 1.00 bits per heavy atom. The van der Waals surface area contributed by atoms with Crippen molar-refractivity contribution in [1.82, 2.24) is 0 Å². The lowest BCUT2D eigenvalue weighted by atomic mass is 10.1. The molecule has 0 aliphatic rings. The Bertz CT molecular complexity index is 635. The maximum absolute atomic E-state index is 10.2. The van der Waals surface area contributed by atoms with Crippen LogP contribution in [-0.4, -0.2) is 11.3 Å². The Hall–Kier alpha value is -1.66. The second-order valence-corrected chi connectivity index (χ2v) is 6.17. The highest BCUT2D eigenvalue weighted by Crippen LogP contribution is 2.24. The van der Waals surface area contributed by atoms with Crippen molar-refractivity contribution in [3.63, 3.8) is 0 Å². The number of benzene rings is 2. The smallest absolute Gasteiger partial charge is 0.126 e. The van der Waals surface area contributed by atoms with Crippen LogP contribution in [0.1, 0.15) is 22.3 Å². The Morgan fingerprint density at radius 3 is 2.42 bits per heavy atom. The number of hydrogen-bond acceptors (Lipinski definition) is 2. The van der Waals surface area contributed by atoms with Gasteiger partial charge in [-0.05, 0) is 54.9 Å². The van der Waals surface area contributed by atoms with Gasteiger partial charge in [-0.1, -0.05) is 32.3 Å². The molecule has 2 rings (SSSR count). The zero-order valence-corrected chi connectivity index (χ0v) is 12.4. The van der Waals surface area contributed by atoms with Crippen LogP contribution in [0.4, 0.5) is 0 Å². The molecule has 0 aliphatic heterocycles. The molecule has 1 unspecified atom stereocenters. The first kappa shape index (κ1) is 13.8. The third-order valence-electron chi connectivity index (χ3n) is 3.08. The molecule has 0 saturated heterocycles. The van der Waals surface area contributed by atoms with Gasteiger partial charge in [0.15, 0.2) is 0 Å². The molecular formula is C16H18NOP. The fourth-order valence-electron chi connectivity index (χ4n) is 2.12. The molecule has 0 saturated carbocycles. The molecule has 0 fully saturated rings. The highest BCUT2D eigenvalue weighted by molar-refractivity contribution is 7.56. The van der Waals surface area contributed by atoms with Gasteiger partial charge < -0.3 is 10.5 Å². The minimum absolute atomic E-state index is 0.369. The zero-order chi connectivity index (χ0) is 14.0. The quantitative estimate of drug-likeness (QED) is 0.654. The summed E-state index contributed by atoms with van der Waals surface area (Å²) >= 11 is 0. The average Bonchev–Trinajstić information content (AvgIpc) is 2.37. The van der Waals surface area contributed by atoms with E-state index in [1.165, 1.54) is 6.21 Å². The summed E-state index contributed by atoms with van der Waals surface area (Å²) < 4.78 is 0. The molecule has 98 valence electrons. The number of aryl methyl sites for hydroxylation is 3. The lowest BCUT2D eigenvalue weighted by Crippen LogP contribution is -2.10. The summed E-state index contributed by atoms with van der Waals surface area (Å²) in [6.07, 6.45) is 1.38. The average molecular weight is 271 g/mol. The van der Waals surface area contributed by atoms with Gasteiger partial charge in [-0.2, -0.15) is 0 Å². The van der Waals surface area contributed by atoms with E-state index < -0.39 is 0 Å². The van der Waals surface area contributed by atoms with Crippen molar-refractivity contribution in [1.29, 1.82) is 5.41 Å². The van der Waals surface area contributed by atoms with Crippen molar-refractivity contribution in [3.05, 3.63) is 52.6 Å². The fraction of sp³-hybridized carbons (Fsp3) is 0.188. The van der Waals surface area contributed by atoms with Gasteiger partial charge in [0.1, 0.15) is 5.75 Å². The third kappa shape index (κ3) is 3.02. The van der Waals surface area contributed by atoms with E-state index in [-0.39, 0.29) is 0 Å². The molecule has 1 atom stereocenters. The lowest BCUT2D eigenvalue weighted by molar-refractivity contribution is 0.475. The van der Waals surface area contributed by atoms with E-state index in [0.29, 0.717) is 14.3 Å². The normalized spacial score (nSPS) is 11.1. The first-order valence-electron chi connectivity index (χ1n) is 6.19. The van der Waals surface area contributed by atoms with Crippen LogP contribution in [0.5, 0.6) is 5.75 Å². The van der Waals surface area contributed by atoms with Gasteiger partial charge in [0.25, 0.3) is 0 Å². The van der Waals surface area contributed by atoms with Crippen LogP contribution < -0.4 is 10.6 Å². The number of phenols is 1. The van der Waals surface area contributed by atoms with E-state index in [4.69, 9.17) is 5.41 Å². The zero-order valence-electron chi connectivity index (χ0n) is 11.4. The molecule has 2 nitrogen and oxygen atoms in total. The van der Waals surface area contributed by atoms with Crippen LogP contribution in [0.15, 0.2) is 30.3 Å². The van der Waals surface area contributed by atoms with Crippen molar-refractivity contribution in [3.8, 4) is 5.75 Å². The van der Waals surface area contributed by atoms with E-state index in [1.54, 1.807) is 0 Å². The Morgan fingerprint density at radius 2 is 1.74 bits per heavy atom. The highest BCUT2D eigenvalue weighted by atomic mass is 31.1. The molecule has 0 spiro atoms. The third-order valence-corrected chi connectivity index (χ3v) is 4.45. The summed E-state index contributed by atoms with van der Waals surface area (Å²) in [6, 6.07) is 10.1. The minimum atomic E-state index is 0.369. The van der Waals surface area contributed by atoms with Gasteiger partial charge in [0, 0.05) is 11.5 Å². The second kappa shape index (κ2) is 5.54. The van der Waals surface area contributed by atoms with Crippen LogP contribution >= 0.6 is 8.58 Å². The summed E-state index contributed by atoms with van der Waals surface area (Å²) in [5.41, 5.74) is 4.14. The van der Waals surface area contributed by atoms with Crippen LogP contribution in [0.25, 0.3) is 0 Å². The Labute approximate surface area is 115 Å². The highest BCUT2D eigenvalue weighted by Gasteiger charge is 2.09. The maximum Gasteiger partial charge on any atom is 0.126 e. The maximum atomic E-state index is 10.2. The Kier molecular flexibility index (Phi) is 4.01. The van der Waals surface area contributed by atoms with Crippen molar-refractivity contribution in [2.75, 3.05) is 0 Å². The van der Waals surface area contributed by atoms with Gasteiger partial charge in [0.05, 0.1) is 0 Å². The van der Waals surface area contributed by atoms with E-state index in [0.717, 1.165) is 32.9 Å². The van der Waals surface area contributed by atoms with Crippen LogP contribution in [-0.2, 0) is 0 Å². The van der Waals surface area contributed by atoms with Gasteiger partial charge in [-0.25, -0.2) is 0 Å². The molecule has 0 aromatic heterocycles. The number of phenolic OH excluding ortho intramolecular Hbond substituents is 1. The summed E-state index contributed by atoms with van der Waals surface area (Å²) in [7, 11) is 0.369. The van der Waals surface area contributed by atoms with E-state index >= 15 is 0 Å². The number of rotatable bonds is 3. The predicted octanol–water partition coefficient (Wildman–Crippen LogP) is 2.94. The summed E-state index contributed by atoms with van der Waals surface area (Å²) in [5.74, 6) is 0.375. The number of nitrogens with one attached hydrogen (secondary N) is 1. The first-order chi connectivity index (χ1) is 9.01. The molecular weight excluding hydrogens is 253 g/mol. The number of hydrogen-bond donors (Lipinski definition) is 2. The molecule has 2 aromatic carbocycles. The van der Waals surface area contributed by atoms with Crippen LogP contribution in [0.2, 0.25) is 0 Å². The fourth-order valence-corrected chi connectivity index (χ4v) is 3.48. The topological polar surface area (TPSA) is 44.1 Å². The van der Waals surface area contributed by atoms with Crippen LogP contribution in [0, 0.1) is 26.2 Å². The molecule has 0 aliphatic carbocycles. The van der Waals surface area contributed by atoms with Gasteiger partial charge in [0.2, 0.25) is 0 Å². The van der Waals surface area contributed by atoms with Crippen molar-refractivity contribution < 1.29 is 5.11 Å². The minimum Gasteiger partial charge on any atom is -0.507 e. The SMILES string of the molecule is Cc1ccc(Pc2cc(C)cc(C)c2O)c(C=N)c1.